The highest BCUT2D eigenvalue weighted by molar-refractivity contribution is 7.93. The van der Waals surface area contributed by atoms with Crippen LogP contribution in [0.1, 0.15) is 67.8 Å². The van der Waals surface area contributed by atoms with Gasteiger partial charge in [-0.2, -0.15) is 0 Å². The van der Waals surface area contributed by atoms with Crippen LogP contribution in [0.4, 0.5) is 10.1 Å². The molecule has 2 aliphatic rings. The van der Waals surface area contributed by atoms with Gasteiger partial charge in [0.05, 0.1) is 16.1 Å². The normalized spacial score (nSPS) is 21.0. The van der Waals surface area contributed by atoms with Gasteiger partial charge in [-0.15, -0.1) is 0 Å². The van der Waals surface area contributed by atoms with E-state index in [1.165, 1.54) is 31.2 Å². The average molecular weight is 402 g/mol. The van der Waals surface area contributed by atoms with Crippen LogP contribution in [-0.4, -0.2) is 19.7 Å². The topological polar surface area (TPSA) is 54.5 Å². The van der Waals surface area contributed by atoms with Crippen molar-refractivity contribution in [3.63, 3.8) is 0 Å². The van der Waals surface area contributed by atoms with Crippen LogP contribution in [0.2, 0.25) is 0 Å². The van der Waals surface area contributed by atoms with Crippen LogP contribution >= 0.6 is 0 Å². The van der Waals surface area contributed by atoms with Crippen LogP contribution in [0, 0.1) is 5.82 Å². The van der Waals surface area contributed by atoms with E-state index in [4.69, 9.17) is 0 Å². The molecular formula is C22H24FNO3S. The third-order valence-corrected chi connectivity index (χ3v) is 8.12. The van der Waals surface area contributed by atoms with Gasteiger partial charge in [-0.1, -0.05) is 31.9 Å². The Morgan fingerprint density at radius 2 is 1.75 bits per heavy atom. The lowest BCUT2D eigenvalue weighted by Gasteiger charge is -2.48. The fraction of sp³-hybridized carbons (Fsp3) is 0.409. The Morgan fingerprint density at radius 3 is 2.36 bits per heavy atom. The third-order valence-electron chi connectivity index (χ3n) is 6.19. The molecule has 1 unspecified atom stereocenters. The maximum atomic E-state index is 13.9. The zero-order chi connectivity index (χ0) is 20.1. The van der Waals surface area contributed by atoms with Crippen molar-refractivity contribution in [3.05, 3.63) is 59.4 Å². The van der Waals surface area contributed by atoms with E-state index in [0.717, 1.165) is 31.2 Å². The Kier molecular flexibility index (Phi) is 4.57. The molecule has 1 atom stereocenters. The number of sulfonamides is 1. The molecule has 0 radical (unpaired) electrons. The minimum absolute atomic E-state index is 0.0929. The first-order valence-electron chi connectivity index (χ1n) is 9.70. The van der Waals surface area contributed by atoms with Crippen LogP contribution < -0.4 is 4.31 Å². The molecule has 0 amide bonds. The molecule has 2 aromatic carbocycles. The summed E-state index contributed by atoms with van der Waals surface area (Å²) in [5.41, 5.74) is 1.32. The Hall–Kier alpha value is -2.21. The number of nitrogens with zero attached hydrogens (tertiary/aromatic N) is 1. The van der Waals surface area contributed by atoms with E-state index in [9.17, 15) is 17.6 Å². The minimum atomic E-state index is -3.85. The summed E-state index contributed by atoms with van der Waals surface area (Å²) in [6.07, 6.45) is 4.27. The Balaban J connectivity index is 1.89. The van der Waals surface area contributed by atoms with Crippen molar-refractivity contribution in [2.45, 2.75) is 62.3 Å². The molecule has 0 aromatic heterocycles. The van der Waals surface area contributed by atoms with Gasteiger partial charge in [0, 0.05) is 5.56 Å². The zero-order valence-electron chi connectivity index (χ0n) is 16.1. The molecule has 1 aliphatic carbocycles. The van der Waals surface area contributed by atoms with Crippen molar-refractivity contribution in [1.29, 1.82) is 0 Å². The van der Waals surface area contributed by atoms with Crippen molar-refractivity contribution in [1.82, 2.24) is 0 Å². The smallest absolute Gasteiger partial charge is 0.264 e. The number of benzene rings is 2. The summed E-state index contributed by atoms with van der Waals surface area (Å²) >= 11 is 0. The summed E-state index contributed by atoms with van der Waals surface area (Å²) in [4.78, 5) is 11.7. The van der Waals surface area contributed by atoms with Crippen LogP contribution in [0.3, 0.4) is 0 Å². The number of rotatable bonds is 3. The van der Waals surface area contributed by atoms with Gasteiger partial charge >= 0.3 is 0 Å². The second kappa shape index (κ2) is 6.69. The fourth-order valence-electron chi connectivity index (χ4n) is 4.92. The Morgan fingerprint density at radius 1 is 1.11 bits per heavy atom. The van der Waals surface area contributed by atoms with Gasteiger partial charge in [0.25, 0.3) is 10.0 Å². The van der Waals surface area contributed by atoms with Gasteiger partial charge in [0.1, 0.15) is 5.82 Å². The van der Waals surface area contributed by atoms with Gasteiger partial charge in [-0.05, 0) is 68.0 Å². The van der Waals surface area contributed by atoms with Crippen molar-refractivity contribution < 1.29 is 17.6 Å². The summed E-state index contributed by atoms with van der Waals surface area (Å²) in [6.45, 7) is 3.50. The number of halogens is 1. The molecule has 1 aliphatic heterocycles. The van der Waals surface area contributed by atoms with Crippen molar-refractivity contribution in [3.8, 4) is 0 Å². The van der Waals surface area contributed by atoms with Gasteiger partial charge in [-0.25, -0.2) is 12.8 Å². The lowest BCUT2D eigenvalue weighted by molar-refractivity contribution is 0.101. The molecule has 6 heteroatoms. The first kappa shape index (κ1) is 19.1. The van der Waals surface area contributed by atoms with Gasteiger partial charge in [0.2, 0.25) is 0 Å². The van der Waals surface area contributed by atoms with E-state index in [2.05, 4.69) is 0 Å². The lowest BCUT2D eigenvalue weighted by Crippen LogP contribution is -2.53. The minimum Gasteiger partial charge on any atom is -0.295 e. The summed E-state index contributed by atoms with van der Waals surface area (Å²) in [7, 11) is -3.85. The summed E-state index contributed by atoms with van der Waals surface area (Å²) in [6, 6.07) is 10.5. The van der Waals surface area contributed by atoms with Gasteiger partial charge in [-0.3, -0.25) is 9.10 Å². The number of fused-ring (bicyclic) bond motifs is 1. The van der Waals surface area contributed by atoms with E-state index in [0.29, 0.717) is 17.7 Å². The predicted octanol–water partition coefficient (Wildman–Crippen LogP) is 5.04. The molecule has 0 N–H and O–H groups in total. The van der Waals surface area contributed by atoms with Crippen LogP contribution in [0.15, 0.2) is 47.4 Å². The third kappa shape index (κ3) is 2.94. The Labute approximate surface area is 165 Å². The maximum Gasteiger partial charge on any atom is 0.264 e. The maximum absolute atomic E-state index is 13.9. The molecule has 4 nitrogen and oxygen atoms in total. The van der Waals surface area contributed by atoms with E-state index in [-0.39, 0.29) is 22.4 Å². The largest absolute Gasteiger partial charge is 0.295 e. The number of carbonyl (C=O) groups excluding carboxylic acids is 1. The number of hydrogen-bond acceptors (Lipinski definition) is 3. The number of carbonyl (C=O) groups is 1. The number of Topliss-reactive ketones (excluding diaryl/α,β-unsaturated/α-hetero) is 1. The highest BCUT2D eigenvalue weighted by Gasteiger charge is 2.50. The highest BCUT2D eigenvalue weighted by atomic mass is 32.2. The fourth-order valence-corrected chi connectivity index (χ4v) is 6.80. The monoisotopic (exact) mass is 401 g/mol. The van der Waals surface area contributed by atoms with Crippen molar-refractivity contribution >= 4 is 21.5 Å². The second-order valence-electron chi connectivity index (χ2n) is 8.09. The van der Waals surface area contributed by atoms with E-state index < -0.39 is 15.6 Å². The lowest BCUT2D eigenvalue weighted by atomic mass is 9.78. The highest BCUT2D eigenvalue weighted by Crippen LogP contribution is 2.52. The van der Waals surface area contributed by atoms with Crippen LogP contribution in [0.5, 0.6) is 0 Å². The molecule has 1 fully saturated rings. The molecule has 4 rings (SSSR count). The van der Waals surface area contributed by atoms with E-state index in [1.807, 2.05) is 6.92 Å². The van der Waals surface area contributed by atoms with E-state index in [1.54, 1.807) is 22.5 Å². The van der Waals surface area contributed by atoms with Crippen LogP contribution in [0.25, 0.3) is 0 Å². The van der Waals surface area contributed by atoms with Crippen LogP contribution in [-0.2, 0) is 10.0 Å². The van der Waals surface area contributed by atoms with Crippen molar-refractivity contribution in [2.75, 3.05) is 4.31 Å². The summed E-state index contributed by atoms with van der Waals surface area (Å²) in [5, 5.41) is 0. The van der Waals surface area contributed by atoms with Gasteiger partial charge < -0.3 is 0 Å². The second-order valence-corrected chi connectivity index (χ2v) is 9.88. The predicted molar refractivity (Wildman–Crippen MR) is 107 cm³/mol. The average Bonchev–Trinajstić information content (AvgIpc) is 3.10. The Bertz CT molecular complexity index is 1020. The molecule has 0 bridgehead atoms. The molecule has 148 valence electrons. The molecule has 28 heavy (non-hydrogen) atoms. The molecular weight excluding hydrogens is 377 g/mol. The number of hydrogen-bond donors (Lipinski definition) is 0. The number of anilines is 1. The zero-order valence-corrected chi connectivity index (χ0v) is 16.9. The van der Waals surface area contributed by atoms with Crippen molar-refractivity contribution in [2.24, 2.45) is 0 Å². The quantitative estimate of drug-likeness (QED) is 0.677. The molecule has 1 spiro atoms. The summed E-state index contributed by atoms with van der Waals surface area (Å²) < 4.78 is 42.9. The number of ketones is 1. The molecule has 1 heterocycles. The first-order valence-corrected chi connectivity index (χ1v) is 11.1. The first-order chi connectivity index (χ1) is 13.2. The van der Waals surface area contributed by atoms with E-state index >= 15 is 0 Å². The van der Waals surface area contributed by atoms with Gasteiger partial charge in [0.15, 0.2) is 5.78 Å². The summed E-state index contributed by atoms with van der Waals surface area (Å²) in [5.74, 6) is -0.365. The molecule has 1 saturated carbocycles. The SMILES string of the molecule is CC(=O)c1ccc(S(=O)(=O)N2c3ccc(F)cc3C(C)CC23CCCC3)cc1. The standard InChI is InChI=1S/C22H24FNO3S/c1-15-14-22(11-3-4-12-22)24(21-10-7-18(23)13-20(15)21)28(26,27)19-8-5-17(6-9-19)16(2)25/h5-10,13,15H,3-4,11-12,14H2,1-2H3. The molecule has 0 saturated heterocycles. The molecule has 2 aromatic rings.